The molecule has 4 aromatic carbocycles. The minimum atomic E-state index is -4.79. The lowest BCUT2D eigenvalue weighted by molar-refractivity contribution is -0.198. The fourth-order valence-corrected chi connectivity index (χ4v) is 5.73. The van der Waals surface area contributed by atoms with Crippen molar-refractivity contribution in [2.75, 3.05) is 12.8 Å². The van der Waals surface area contributed by atoms with Gasteiger partial charge in [0.05, 0.1) is 12.8 Å². The molecular weight excluding hydrogens is 661 g/mol. The first-order chi connectivity index (χ1) is 23.2. The number of halogens is 3. The normalized spacial score (nSPS) is 12.9. The van der Waals surface area contributed by atoms with Gasteiger partial charge in [-0.3, -0.25) is 0 Å². The second-order valence-corrected chi connectivity index (χ2v) is 12.6. The number of methoxy groups -OCH3 is 1. The molecular formula is C35H31F3N4O6S. The van der Waals surface area contributed by atoms with Crippen LogP contribution < -0.4 is 20.9 Å². The van der Waals surface area contributed by atoms with Crippen LogP contribution in [-0.4, -0.2) is 43.7 Å². The molecule has 4 N–H and O–H groups in total. The molecule has 5 rings (SSSR count). The average molecular weight is 693 g/mol. The Labute approximate surface area is 280 Å². The third-order valence-corrected chi connectivity index (χ3v) is 8.62. The third-order valence-electron chi connectivity index (χ3n) is 7.38. The van der Waals surface area contributed by atoms with Crippen LogP contribution >= 0.6 is 0 Å². The van der Waals surface area contributed by atoms with Crippen molar-refractivity contribution in [3.05, 3.63) is 120 Å². The Bertz CT molecular complexity index is 2040. The van der Waals surface area contributed by atoms with Gasteiger partial charge in [0, 0.05) is 17.2 Å². The first-order valence-corrected chi connectivity index (χ1v) is 16.1. The number of alkyl halides is 3. The largest absolute Gasteiger partial charge is 0.497 e. The number of nitrogen functional groups attached to an aromatic ring is 1. The van der Waals surface area contributed by atoms with Crippen LogP contribution in [0.15, 0.2) is 108 Å². The van der Waals surface area contributed by atoms with Crippen LogP contribution in [0.4, 0.5) is 19.1 Å². The number of anilines is 1. The van der Waals surface area contributed by atoms with Gasteiger partial charge in [0.2, 0.25) is 17.9 Å². The van der Waals surface area contributed by atoms with Gasteiger partial charge in [0.15, 0.2) is 0 Å². The molecule has 2 atom stereocenters. The zero-order valence-corrected chi connectivity index (χ0v) is 27.0. The smallest absolute Gasteiger partial charge is 0.429 e. The standard InChI is InChI=1S/C35H31F3N4O6S/c1-21-6-16-28(17-7-21)49(44,45)48-33(43)29(39)18-22-8-10-24(11-9-22)30-20-31(42-34(40)41-30)47-32(35(36,37)38)25-14-12-23(13-15-25)26-4-3-5-27(19-26)46-2/h3-17,19-20,29,32H,18,39H2,1-2H3,(H2,40,41,42)/t29-,32+/m0/s1. The van der Waals surface area contributed by atoms with Crippen LogP contribution in [0.5, 0.6) is 11.6 Å². The molecule has 0 unspecified atom stereocenters. The van der Waals surface area contributed by atoms with Gasteiger partial charge < -0.3 is 25.1 Å². The molecule has 1 heterocycles. The summed E-state index contributed by atoms with van der Waals surface area (Å²) in [5.41, 5.74) is 15.1. The number of aryl methyl sites for hydroxylation is 1. The number of carbonyl (C=O) groups excluding carboxylic acids is 1. The second kappa shape index (κ2) is 14.3. The molecule has 10 nitrogen and oxygen atoms in total. The predicted octanol–water partition coefficient (Wildman–Crippen LogP) is 6.19. The average Bonchev–Trinajstić information content (AvgIpc) is 3.07. The van der Waals surface area contributed by atoms with Crippen molar-refractivity contribution < 1.29 is 40.0 Å². The maximum absolute atomic E-state index is 14.2. The van der Waals surface area contributed by atoms with Crippen LogP contribution in [0.25, 0.3) is 22.4 Å². The van der Waals surface area contributed by atoms with Gasteiger partial charge in [-0.1, -0.05) is 78.4 Å². The van der Waals surface area contributed by atoms with Gasteiger partial charge in [-0.2, -0.15) is 26.6 Å². The molecule has 5 aromatic rings. The molecule has 0 aliphatic carbocycles. The molecule has 49 heavy (non-hydrogen) atoms. The summed E-state index contributed by atoms with van der Waals surface area (Å²) in [7, 11) is -2.83. The van der Waals surface area contributed by atoms with Gasteiger partial charge >= 0.3 is 22.3 Å². The van der Waals surface area contributed by atoms with E-state index in [1.807, 2.05) is 6.07 Å². The molecule has 0 saturated heterocycles. The van der Waals surface area contributed by atoms with Crippen molar-refractivity contribution in [3.8, 4) is 34.0 Å². The fourth-order valence-electron chi connectivity index (χ4n) is 4.82. The molecule has 14 heteroatoms. The summed E-state index contributed by atoms with van der Waals surface area (Å²) in [6, 6.07) is 25.0. The van der Waals surface area contributed by atoms with Crippen molar-refractivity contribution in [2.45, 2.75) is 36.6 Å². The van der Waals surface area contributed by atoms with Crippen LogP contribution in [-0.2, 0) is 25.5 Å². The maximum atomic E-state index is 14.2. The summed E-state index contributed by atoms with van der Waals surface area (Å²) in [5.74, 6) is -1.24. The lowest BCUT2D eigenvalue weighted by Crippen LogP contribution is -2.35. The molecule has 0 spiro atoms. The summed E-state index contributed by atoms with van der Waals surface area (Å²) in [5, 5.41) is 0. The van der Waals surface area contributed by atoms with E-state index in [0.29, 0.717) is 22.4 Å². The summed E-state index contributed by atoms with van der Waals surface area (Å²) in [6.45, 7) is 1.78. The molecule has 0 saturated carbocycles. The van der Waals surface area contributed by atoms with Gasteiger partial charge in [-0.05, 0) is 54.3 Å². The van der Waals surface area contributed by atoms with E-state index in [4.69, 9.17) is 25.1 Å². The molecule has 0 fully saturated rings. The number of hydrogen-bond donors (Lipinski definition) is 2. The van der Waals surface area contributed by atoms with Gasteiger partial charge in [0.25, 0.3) is 0 Å². The summed E-state index contributed by atoms with van der Waals surface area (Å²) in [4.78, 5) is 20.3. The molecule has 0 aliphatic heterocycles. The summed E-state index contributed by atoms with van der Waals surface area (Å²) in [6.07, 6.45) is -7.21. The number of benzene rings is 4. The Morgan fingerprint density at radius 2 is 1.51 bits per heavy atom. The Hall–Kier alpha value is -5.47. The number of carbonyl (C=O) groups is 1. The Morgan fingerprint density at radius 3 is 2.14 bits per heavy atom. The van der Waals surface area contributed by atoms with E-state index in [1.54, 1.807) is 73.7 Å². The fraction of sp³-hybridized carbons (Fsp3) is 0.171. The highest BCUT2D eigenvalue weighted by Gasteiger charge is 2.43. The van der Waals surface area contributed by atoms with Crippen molar-refractivity contribution in [3.63, 3.8) is 0 Å². The van der Waals surface area contributed by atoms with Gasteiger partial charge in [-0.15, -0.1) is 0 Å². The van der Waals surface area contributed by atoms with Crippen molar-refractivity contribution in [1.29, 1.82) is 0 Å². The van der Waals surface area contributed by atoms with Crippen LogP contribution in [0.1, 0.15) is 22.8 Å². The van der Waals surface area contributed by atoms with E-state index in [1.165, 1.54) is 37.4 Å². The van der Waals surface area contributed by atoms with E-state index in [9.17, 15) is 26.4 Å². The van der Waals surface area contributed by atoms with E-state index in [-0.39, 0.29) is 28.5 Å². The molecule has 0 bridgehead atoms. The predicted molar refractivity (Wildman–Crippen MR) is 176 cm³/mol. The number of nitrogens with two attached hydrogens (primary N) is 2. The summed E-state index contributed by atoms with van der Waals surface area (Å²) < 4.78 is 83.0. The lowest BCUT2D eigenvalue weighted by Gasteiger charge is -2.22. The van der Waals surface area contributed by atoms with Crippen molar-refractivity contribution in [2.24, 2.45) is 5.73 Å². The SMILES string of the molecule is COc1cccc(-c2ccc([C@@H](Oc3cc(-c4ccc(C[C@H](N)C(=O)OS(=O)(=O)c5ccc(C)cc5)cc4)nc(N)n3)C(F)(F)F)cc2)c1. The molecule has 0 radical (unpaired) electrons. The number of aromatic nitrogens is 2. The number of ether oxygens (including phenoxy) is 2. The first-order valence-electron chi connectivity index (χ1n) is 14.7. The highest BCUT2D eigenvalue weighted by atomic mass is 32.2. The van der Waals surface area contributed by atoms with Crippen LogP contribution in [0, 0.1) is 6.92 Å². The Balaban J connectivity index is 1.29. The number of rotatable bonds is 11. The van der Waals surface area contributed by atoms with Crippen molar-refractivity contribution >= 4 is 22.0 Å². The number of nitrogens with zero attached hydrogens (tertiary/aromatic N) is 2. The quantitative estimate of drug-likeness (QED) is 0.153. The zero-order valence-electron chi connectivity index (χ0n) is 26.2. The second-order valence-electron chi connectivity index (χ2n) is 11.0. The third kappa shape index (κ3) is 8.72. The highest BCUT2D eigenvalue weighted by Crippen LogP contribution is 2.38. The van der Waals surface area contributed by atoms with Crippen LogP contribution in [0.3, 0.4) is 0 Å². The van der Waals surface area contributed by atoms with E-state index < -0.39 is 40.3 Å². The number of hydrogen-bond acceptors (Lipinski definition) is 10. The Kier molecular flexibility index (Phi) is 10.2. The Morgan fingerprint density at radius 1 is 0.857 bits per heavy atom. The van der Waals surface area contributed by atoms with E-state index in [0.717, 1.165) is 11.1 Å². The minimum Gasteiger partial charge on any atom is -0.497 e. The van der Waals surface area contributed by atoms with E-state index in [2.05, 4.69) is 9.97 Å². The summed E-state index contributed by atoms with van der Waals surface area (Å²) >= 11 is 0. The topological polar surface area (TPSA) is 157 Å². The monoisotopic (exact) mass is 692 g/mol. The minimum absolute atomic E-state index is 0.0628. The molecule has 0 amide bonds. The van der Waals surface area contributed by atoms with Crippen LogP contribution in [0.2, 0.25) is 0 Å². The molecule has 1 aromatic heterocycles. The first kappa shape index (κ1) is 34.9. The lowest BCUT2D eigenvalue weighted by atomic mass is 10.0. The molecule has 0 aliphatic rings. The molecule has 254 valence electrons. The zero-order chi connectivity index (χ0) is 35.3. The van der Waals surface area contributed by atoms with Crippen molar-refractivity contribution in [1.82, 2.24) is 9.97 Å². The van der Waals surface area contributed by atoms with Gasteiger partial charge in [0.1, 0.15) is 16.7 Å². The maximum Gasteiger partial charge on any atom is 0.429 e. The van der Waals surface area contributed by atoms with E-state index >= 15 is 0 Å². The highest BCUT2D eigenvalue weighted by molar-refractivity contribution is 7.87. The van der Waals surface area contributed by atoms with Gasteiger partial charge in [-0.25, -0.2) is 9.78 Å².